The molecule has 0 aromatic carbocycles. The minimum atomic E-state index is 0.274. The zero-order valence-corrected chi connectivity index (χ0v) is 10.9. The first-order valence-electron chi connectivity index (χ1n) is 6.04. The summed E-state index contributed by atoms with van der Waals surface area (Å²) in [6, 6.07) is 4.47. The van der Waals surface area contributed by atoms with Gasteiger partial charge in [0.15, 0.2) is 0 Å². The summed E-state index contributed by atoms with van der Waals surface area (Å²) in [5, 5.41) is 0.274. The van der Waals surface area contributed by atoms with Crippen molar-refractivity contribution in [1.82, 2.24) is 0 Å². The average molecular weight is 243 g/mol. The van der Waals surface area contributed by atoms with Gasteiger partial charge in [0.1, 0.15) is 0 Å². The van der Waals surface area contributed by atoms with Crippen molar-refractivity contribution in [3.63, 3.8) is 0 Å². The Hall–Kier alpha value is -0.0100. The topological polar surface area (TPSA) is 0 Å². The van der Waals surface area contributed by atoms with E-state index in [4.69, 9.17) is 11.6 Å². The molecule has 0 aliphatic heterocycles. The number of aryl methyl sites for hydroxylation is 1. The Morgan fingerprint density at radius 1 is 1.33 bits per heavy atom. The Balaban J connectivity index is 2.02. The standard InChI is InChI=1S/C13H19ClS/c1-2-11-8-9-12(15-11)13(14)10-6-4-3-5-7-10/h8-10,13H,2-7H2,1H3. The molecule has 1 heterocycles. The molecule has 1 aliphatic carbocycles. The summed E-state index contributed by atoms with van der Waals surface area (Å²) in [7, 11) is 0. The summed E-state index contributed by atoms with van der Waals surface area (Å²) in [5.41, 5.74) is 0. The largest absolute Gasteiger partial charge is 0.144 e. The summed E-state index contributed by atoms with van der Waals surface area (Å²) in [4.78, 5) is 2.85. The second kappa shape index (κ2) is 5.36. The smallest absolute Gasteiger partial charge is 0.0706 e. The van der Waals surface area contributed by atoms with E-state index in [0.29, 0.717) is 0 Å². The fraction of sp³-hybridized carbons (Fsp3) is 0.692. The van der Waals surface area contributed by atoms with Gasteiger partial charge >= 0.3 is 0 Å². The van der Waals surface area contributed by atoms with Crippen molar-refractivity contribution in [3.05, 3.63) is 21.9 Å². The van der Waals surface area contributed by atoms with Gasteiger partial charge in [-0.1, -0.05) is 26.2 Å². The van der Waals surface area contributed by atoms with Crippen molar-refractivity contribution in [2.75, 3.05) is 0 Å². The van der Waals surface area contributed by atoms with E-state index in [1.807, 2.05) is 11.3 Å². The van der Waals surface area contributed by atoms with Crippen LogP contribution in [0.1, 0.15) is 54.2 Å². The minimum Gasteiger partial charge on any atom is -0.144 e. The quantitative estimate of drug-likeness (QED) is 0.642. The van der Waals surface area contributed by atoms with Crippen molar-refractivity contribution >= 4 is 22.9 Å². The Bertz CT molecular complexity index is 299. The van der Waals surface area contributed by atoms with Crippen LogP contribution in [0.25, 0.3) is 0 Å². The van der Waals surface area contributed by atoms with E-state index in [0.717, 1.165) is 12.3 Å². The second-order valence-electron chi connectivity index (χ2n) is 4.46. The molecular weight excluding hydrogens is 224 g/mol. The van der Waals surface area contributed by atoms with Gasteiger partial charge in [-0.25, -0.2) is 0 Å². The fourth-order valence-corrected chi connectivity index (χ4v) is 3.87. The molecule has 0 spiro atoms. The monoisotopic (exact) mass is 242 g/mol. The molecule has 1 aromatic heterocycles. The number of rotatable bonds is 3. The van der Waals surface area contributed by atoms with Crippen LogP contribution in [0.4, 0.5) is 0 Å². The summed E-state index contributed by atoms with van der Waals surface area (Å²) in [6.45, 7) is 2.21. The molecule has 2 rings (SSSR count). The van der Waals surface area contributed by atoms with Gasteiger partial charge in [-0.05, 0) is 37.3 Å². The molecule has 1 fully saturated rings. The van der Waals surface area contributed by atoms with Crippen LogP contribution in [0.15, 0.2) is 12.1 Å². The molecule has 15 heavy (non-hydrogen) atoms. The highest BCUT2D eigenvalue weighted by Gasteiger charge is 2.24. The van der Waals surface area contributed by atoms with E-state index < -0.39 is 0 Å². The van der Waals surface area contributed by atoms with Crippen LogP contribution < -0.4 is 0 Å². The van der Waals surface area contributed by atoms with Crippen molar-refractivity contribution in [2.24, 2.45) is 5.92 Å². The zero-order valence-electron chi connectivity index (χ0n) is 9.34. The Labute approximate surface area is 102 Å². The molecule has 0 saturated heterocycles. The van der Waals surface area contributed by atoms with Gasteiger partial charge in [-0.3, -0.25) is 0 Å². The molecule has 84 valence electrons. The number of hydrogen-bond acceptors (Lipinski definition) is 1. The molecular formula is C13H19ClS. The van der Waals surface area contributed by atoms with Crippen molar-refractivity contribution in [2.45, 2.75) is 50.8 Å². The predicted octanol–water partition coefficient (Wildman–Crippen LogP) is 5.17. The van der Waals surface area contributed by atoms with Gasteiger partial charge in [0.25, 0.3) is 0 Å². The molecule has 1 unspecified atom stereocenters. The van der Waals surface area contributed by atoms with Gasteiger partial charge in [-0.15, -0.1) is 22.9 Å². The van der Waals surface area contributed by atoms with Gasteiger partial charge < -0.3 is 0 Å². The molecule has 1 atom stereocenters. The molecule has 0 N–H and O–H groups in total. The summed E-state index contributed by atoms with van der Waals surface area (Å²) in [5.74, 6) is 0.726. The second-order valence-corrected chi connectivity index (χ2v) is 6.13. The highest BCUT2D eigenvalue weighted by molar-refractivity contribution is 7.12. The first-order chi connectivity index (χ1) is 7.31. The third kappa shape index (κ3) is 2.76. The lowest BCUT2D eigenvalue weighted by molar-refractivity contribution is 0.350. The number of halogens is 1. The first kappa shape index (κ1) is 11.5. The molecule has 0 radical (unpaired) electrons. The van der Waals surface area contributed by atoms with Crippen LogP contribution >= 0.6 is 22.9 Å². The number of thiophene rings is 1. The highest BCUT2D eigenvalue weighted by atomic mass is 35.5. The van der Waals surface area contributed by atoms with E-state index in [1.165, 1.54) is 41.9 Å². The van der Waals surface area contributed by atoms with Crippen LogP contribution in [0.2, 0.25) is 0 Å². The normalized spacial score (nSPS) is 20.4. The molecule has 1 aromatic rings. The SMILES string of the molecule is CCc1ccc(C(Cl)C2CCCCC2)s1. The maximum atomic E-state index is 6.57. The van der Waals surface area contributed by atoms with Crippen molar-refractivity contribution in [3.8, 4) is 0 Å². The molecule has 0 nitrogen and oxygen atoms in total. The van der Waals surface area contributed by atoms with E-state index in [9.17, 15) is 0 Å². The van der Waals surface area contributed by atoms with E-state index in [1.54, 1.807) is 0 Å². The van der Waals surface area contributed by atoms with E-state index >= 15 is 0 Å². The van der Waals surface area contributed by atoms with Crippen LogP contribution in [-0.4, -0.2) is 0 Å². The van der Waals surface area contributed by atoms with Crippen LogP contribution in [0.5, 0.6) is 0 Å². The minimum absolute atomic E-state index is 0.274. The van der Waals surface area contributed by atoms with Crippen LogP contribution in [-0.2, 0) is 6.42 Å². The lowest BCUT2D eigenvalue weighted by Gasteiger charge is -2.25. The molecule has 0 bridgehead atoms. The Morgan fingerprint density at radius 2 is 2.07 bits per heavy atom. The summed E-state index contributed by atoms with van der Waals surface area (Å²) in [6.07, 6.45) is 7.95. The maximum Gasteiger partial charge on any atom is 0.0706 e. The van der Waals surface area contributed by atoms with Crippen molar-refractivity contribution in [1.29, 1.82) is 0 Å². The van der Waals surface area contributed by atoms with Crippen LogP contribution in [0, 0.1) is 5.92 Å². The third-order valence-corrected chi connectivity index (χ3v) is 5.40. The number of alkyl halides is 1. The molecule has 1 saturated carbocycles. The van der Waals surface area contributed by atoms with Gasteiger partial charge in [0.05, 0.1) is 5.38 Å². The third-order valence-electron chi connectivity index (χ3n) is 3.37. The summed E-state index contributed by atoms with van der Waals surface area (Å²) < 4.78 is 0. The summed E-state index contributed by atoms with van der Waals surface area (Å²) >= 11 is 8.47. The zero-order chi connectivity index (χ0) is 10.7. The molecule has 1 aliphatic rings. The maximum absolute atomic E-state index is 6.57. The van der Waals surface area contributed by atoms with Gasteiger partial charge in [-0.2, -0.15) is 0 Å². The lowest BCUT2D eigenvalue weighted by Crippen LogP contribution is -2.11. The molecule has 2 heteroatoms. The Morgan fingerprint density at radius 3 is 2.67 bits per heavy atom. The Kier molecular flexibility index (Phi) is 4.10. The van der Waals surface area contributed by atoms with Crippen molar-refractivity contribution < 1.29 is 0 Å². The lowest BCUT2D eigenvalue weighted by atomic mass is 9.86. The van der Waals surface area contributed by atoms with Gasteiger partial charge in [0.2, 0.25) is 0 Å². The van der Waals surface area contributed by atoms with Crippen LogP contribution in [0.3, 0.4) is 0 Å². The van der Waals surface area contributed by atoms with Gasteiger partial charge in [0, 0.05) is 9.75 Å². The molecule has 0 amide bonds. The number of hydrogen-bond donors (Lipinski definition) is 0. The average Bonchev–Trinajstić information content (AvgIpc) is 2.78. The highest BCUT2D eigenvalue weighted by Crippen LogP contribution is 2.41. The van der Waals surface area contributed by atoms with E-state index in [2.05, 4.69) is 19.1 Å². The fourth-order valence-electron chi connectivity index (χ4n) is 2.39. The van der Waals surface area contributed by atoms with E-state index in [-0.39, 0.29) is 5.38 Å². The predicted molar refractivity (Wildman–Crippen MR) is 68.9 cm³/mol. The first-order valence-corrected chi connectivity index (χ1v) is 7.29.